The van der Waals surface area contributed by atoms with Crippen molar-refractivity contribution in [3.05, 3.63) is 54.0 Å². The van der Waals surface area contributed by atoms with Gasteiger partial charge in [-0.2, -0.15) is 0 Å². The van der Waals surface area contributed by atoms with Gasteiger partial charge in [0.05, 0.1) is 13.2 Å². The van der Waals surface area contributed by atoms with Gasteiger partial charge < -0.3 is 19.7 Å². The van der Waals surface area contributed by atoms with Crippen LogP contribution in [0.4, 0.5) is 4.39 Å². The van der Waals surface area contributed by atoms with Crippen LogP contribution in [-0.4, -0.2) is 73.2 Å². The Morgan fingerprint density at radius 3 is 2.87 bits per heavy atom. The van der Waals surface area contributed by atoms with Crippen molar-refractivity contribution in [3.8, 4) is 11.6 Å². The highest BCUT2D eigenvalue weighted by atomic mass is 19.1. The summed E-state index contributed by atoms with van der Waals surface area (Å²) in [7, 11) is 1.82. The van der Waals surface area contributed by atoms with Crippen LogP contribution >= 0.6 is 0 Å². The van der Waals surface area contributed by atoms with Gasteiger partial charge in [-0.3, -0.25) is 9.89 Å². The summed E-state index contributed by atoms with van der Waals surface area (Å²) in [6.07, 6.45) is 2.91. The summed E-state index contributed by atoms with van der Waals surface area (Å²) in [6.45, 7) is 6.29. The molecule has 7 nitrogen and oxygen atoms in total. The summed E-state index contributed by atoms with van der Waals surface area (Å²) >= 11 is 0. The number of ether oxygens (including phenoxy) is 2. The highest BCUT2D eigenvalue weighted by Crippen LogP contribution is 2.20. The number of aliphatic imine (C=N–C) groups is 1. The fourth-order valence-electron chi connectivity index (χ4n) is 3.92. The van der Waals surface area contributed by atoms with Crippen molar-refractivity contribution in [2.24, 2.45) is 4.99 Å². The maximum Gasteiger partial charge on any atom is 0.219 e. The molecule has 8 heteroatoms. The van der Waals surface area contributed by atoms with E-state index >= 15 is 0 Å². The molecule has 2 aliphatic heterocycles. The number of pyridine rings is 1. The van der Waals surface area contributed by atoms with Crippen molar-refractivity contribution in [3.63, 3.8) is 0 Å². The van der Waals surface area contributed by atoms with Gasteiger partial charge in [0.15, 0.2) is 5.96 Å². The van der Waals surface area contributed by atoms with Gasteiger partial charge in [0.1, 0.15) is 11.6 Å². The molecule has 4 rings (SSSR count). The molecule has 1 unspecified atom stereocenters. The summed E-state index contributed by atoms with van der Waals surface area (Å²) in [5, 5.41) is 3.43. The Morgan fingerprint density at radius 1 is 1.27 bits per heavy atom. The van der Waals surface area contributed by atoms with Crippen molar-refractivity contribution < 1.29 is 13.9 Å². The van der Waals surface area contributed by atoms with Crippen LogP contribution in [0.2, 0.25) is 0 Å². The lowest BCUT2D eigenvalue weighted by Crippen LogP contribution is -2.46. The lowest BCUT2D eigenvalue weighted by Gasteiger charge is -2.32. The van der Waals surface area contributed by atoms with Gasteiger partial charge in [0.2, 0.25) is 5.88 Å². The van der Waals surface area contributed by atoms with E-state index in [4.69, 9.17) is 9.47 Å². The second kappa shape index (κ2) is 9.86. The second-order valence-electron chi connectivity index (χ2n) is 7.50. The first-order chi connectivity index (χ1) is 14.7. The molecule has 2 aromatic rings. The zero-order valence-electron chi connectivity index (χ0n) is 17.3. The molecule has 2 aliphatic rings. The Balaban J connectivity index is 1.28. The number of nitrogens with one attached hydrogen (secondary N) is 1. The second-order valence-corrected chi connectivity index (χ2v) is 7.50. The average Bonchev–Trinajstić information content (AvgIpc) is 3.26. The number of nitrogens with zero attached hydrogens (tertiary/aromatic N) is 4. The van der Waals surface area contributed by atoms with E-state index in [1.165, 1.54) is 12.1 Å². The number of rotatable bonds is 5. The number of guanidine groups is 1. The molecular weight excluding hydrogens is 385 g/mol. The van der Waals surface area contributed by atoms with Crippen LogP contribution in [0.1, 0.15) is 12.0 Å². The Morgan fingerprint density at radius 2 is 2.13 bits per heavy atom. The Labute approximate surface area is 176 Å². The minimum atomic E-state index is -0.336. The zero-order chi connectivity index (χ0) is 20.8. The third-order valence-electron chi connectivity index (χ3n) is 5.50. The predicted octanol–water partition coefficient (Wildman–Crippen LogP) is 2.49. The minimum Gasteiger partial charge on any atom is -0.439 e. The molecule has 3 heterocycles. The van der Waals surface area contributed by atoms with Gasteiger partial charge in [-0.25, -0.2) is 9.37 Å². The lowest BCUT2D eigenvalue weighted by molar-refractivity contribution is 0.0195. The molecule has 160 valence electrons. The Hall–Kier alpha value is -2.71. The fraction of sp³-hybridized carbons (Fsp3) is 0.455. The van der Waals surface area contributed by atoms with Crippen molar-refractivity contribution in [2.45, 2.75) is 19.0 Å². The molecule has 2 saturated heterocycles. The standard InChI is InChI=1S/C22H28FN5O2/c1-24-22(28-8-7-19(16-28)27-9-11-29-12-10-27)26-15-17-5-6-21(25-14-17)30-20-4-2-3-18(23)13-20/h2-6,13-14,19H,7-12,15-16H2,1H3,(H,24,26). The van der Waals surface area contributed by atoms with Crippen LogP contribution in [0.3, 0.4) is 0 Å². The maximum absolute atomic E-state index is 13.3. The van der Waals surface area contributed by atoms with Gasteiger partial charge in [-0.1, -0.05) is 12.1 Å². The first-order valence-electron chi connectivity index (χ1n) is 10.4. The van der Waals surface area contributed by atoms with Crippen molar-refractivity contribution in [1.29, 1.82) is 0 Å². The van der Waals surface area contributed by atoms with Crippen LogP contribution in [0, 0.1) is 5.82 Å². The van der Waals surface area contributed by atoms with Crippen LogP contribution in [0.15, 0.2) is 47.6 Å². The van der Waals surface area contributed by atoms with E-state index in [2.05, 4.69) is 25.1 Å². The van der Waals surface area contributed by atoms with Gasteiger partial charge in [-0.15, -0.1) is 0 Å². The number of benzene rings is 1. The van der Waals surface area contributed by atoms with E-state index in [1.54, 1.807) is 24.4 Å². The molecule has 0 saturated carbocycles. The SMILES string of the molecule is CN=C(NCc1ccc(Oc2cccc(F)c2)nc1)N1CCC(N2CCOCC2)C1. The molecule has 0 spiro atoms. The van der Waals surface area contributed by atoms with Gasteiger partial charge in [0, 0.05) is 64.1 Å². The van der Waals surface area contributed by atoms with E-state index < -0.39 is 0 Å². The van der Waals surface area contributed by atoms with Crippen LogP contribution in [0.5, 0.6) is 11.6 Å². The van der Waals surface area contributed by atoms with Crippen LogP contribution < -0.4 is 10.1 Å². The van der Waals surface area contributed by atoms with Gasteiger partial charge >= 0.3 is 0 Å². The number of hydrogen-bond donors (Lipinski definition) is 1. The van der Waals surface area contributed by atoms with E-state index in [-0.39, 0.29) is 5.82 Å². The topological polar surface area (TPSA) is 62.2 Å². The Bertz CT molecular complexity index is 855. The quantitative estimate of drug-likeness (QED) is 0.600. The maximum atomic E-state index is 13.3. The molecule has 1 atom stereocenters. The summed E-state index contributed by atoms with van der Waals surface area (Å²) in [4.78, 5) is 13.6. The largest absolute Gasteiger partial charge is 0.439 e. The summed E-state index contributed by atoms with van der Waals surface area (Å²) in [5.41, 5.74) is 1.02. The highest BCUT2D eigenvalue weighted by Gasteiger charge is 2.30. The predicted molar refractivity (Wildman–Crippen MR) is 113 cm³/mol. The molecular formula is C22H28FN5O2. The molecule has 1 aromatic heterocycles. The van der Waals surface area contributed by atoms with E-state index in [9.17, 15) is 4.39 Å². The van der Waals surface area contributed by atoms with E-state index in [1.807, 2.05) is 13.1 Å². The molecule has 2 fully saturated rings. The van der Waals surface area contributed by atoms with Crippen molar-refractivity contribution >= 4 is 5.96 Å². The highest BCUT2D eigenvalue weighted by molar-refractivity contribution is 5.80. The molecule has 1 aromatic carbocycles. The molecule has 30 heavy (non-hydrogen) atoms. The molecule has 0 amide bonds. The first-order valence-corrected chi connectivity index (χ1v) is 10.4. The van der Waals surface area contributed by atoms with E-state index in [0.29, 0.717) is 24.2 Å². The first kappa shape index (κ1) is 20.6. The van der Waals surface area contributed by atoms with Crippen LogP contribution in [0.25, 0.3) is 0 Å². The molecule has 0 radical (unpaired) electrons. The summed E-state index contributed by atoms with van der Waals surface area (Å²) in [5.74, 6) is 1.43. The monoisotopic (exact) mass is 413 g/mol. The number of likely N-dealkylation sites (tertiary alicyclic amines) is 1. The molecule has 0 bridgehead atoms. The average molecular weight is 413 g/mol. The Kier molecular flexibility index (Phi) is 6.76. The molecule has 1 N–H and O–H groups in total. The van der Waals surface area contributed by atoms with Crippen molar-refractivity contribution in [2.75, 3.05) is 46.4 Å². The summed E-state index contributed by atoms with van der Waals surface area (Å²) < 4.78 is 24.3. The molecule has 0 aliphatic carbocycles. The number of hydrogen-bond acceptors (Lipinski definition) is 5. The number of aromatic nitrogens is 1. The smallest absolute Gasteiger partial charge is 0.219 e. The van der Waals surface area contributed by atoms with Crippen LogP contribution in [-0.2, 0) is 11.3 Å². The fourth-order valence-corrected chi connectivity index (χ4v) is 3.92. The summed E-state index contributed by atoms with van der Waals surface area (Å²) in [6, 6.07) is 10.3. The minimum absolute atomic E-state index is 0.336. The van der Waals surface area contributed by atoms with E-state index in [0.717, 1.165) is 57.3 Å². The lowest BCUT2D eigenvalue weighted by atomic mass is 10.2. The van der Waals surface area contributed by atoms with Crippen molar-refractivity contribution in [1.82, 2.24) is 20.1 Å². The van der Waals surface area contributed by atoms with Gasteiger partial charge in [0.25, 0.3) is 0 Å². The third-order valence-corrected chi connectivity index (χ3v) is 5.50. The normalized spacial score (nSPS) is 20.4. The zero-order valence-corrected chi connectivity index (χ0v) is 17.3. The third kappa shape index (κ3) is 5.25. The van der Waals surface area contributed by atoms with Gasteiger partial charge in [-0.05, 0) is 24.1 Å². The number of morpholine rings is 1. The number of halogens is 1.